The molecular formula is C16H13FN4O2. The van der Waals surface area contributed by atoms with Crippen LogP contribution in [0, 0.1) is 12.7 Å². The zero-order chi connectivity index (χ0) is 16.4. The van der Waals surface area contributed by atoms with Crippen molar-refractivity contribution in [1.82, 2.24) is 14.8 Å². The van der Waals surface area contributed by atoms with Crippen molar-refractivity contribution in [3.63, 3.8) is 0 Å². The largest absolute Gasteiger partial charge is 0.436 e. The molecule has 6 nitrogen and oxygen atoms in total. The van der Waals surface area contributed by atoms with Crippen LogP contribution in [0.15, 0.2) is 42.7 Å². The van der Waals surface area contributed by atoms with E-state index in [1.807, 2.05) is 6.92 Å². The van der Waals surface area contributed by atoms with Gasteiger partial charge in [-0.1, -0.05) is 12.1 Å². The molecule has 0 unspecified atom stereocenters. The van der Waals surface area contributed by atoms with Crippen molar-refractivity contribution in [1.29, 1.82) is 0 Å². The number of aromatic nitrogens is 3. The van der Waals surface area contributed by atoms with Gasteiger partial charge in [-0.25, -0.2) is 14.1 Å². The third-order valence-electron chi connectivity index (χ3n) is 3.30. The van der Waals surface area contributed by atoms with Gasteiger partial charge in [0.25, 0.3) is 0 Å². The highest BCUT2D eigenvalue weighted by Gasteiger charge is 2.12. The minimum absolute atomic E-state index is 0.0917. The van der Waals surface area contributed by atoms with E-state index >= 15 is 0 Å². The summed E-state index contributed by atoms with van der Waals surface area (Å²) < 4.78 is 20.4. The average Bonchev–Trinajstić information content (AvgIpc) is 2.90. The van der Waals surface area contributed by atoms with Crippen LogP contribution in [-0.2, 0) is 0 Å². The van der Waals surface area contributed by atoms with E-state index in [9.17, 15) is 9.18 Å². The van der Waals surface area contributed by atoms with Crippen molar-refractivity contribution in [2.45, 2.75) is 6.92 Å². The second-order valence-corrected chi connectivity index (χ2v) is 4.86. The van der Waals surface area contributed by atoms with E-state index in [1.165, 1.54) is 29.2 Å². The number of hydrogen-bond donors (Lipinski definition) is 1. The number of nitrogens with zero attached hydrogens (tertiary/aromatic N) is 3. The van der Waals surface area contributed by atoms with Crippen LogP contribution in [0.2, 0.25) is 0 Å². The number of hydrogen-bond acceptors (Lipinski definition) is 5. The normalized spacial score (nSPS) is 10.5. The molecule has 23 heavy (non-hydrogen) atoms. The quantitative estimate of drug-likeness (QED) is 0.749. The van der Waals surface area contributed by atoms with Crippen LogP contribution in [0.1, 0.15) is 15.9 Å². The molecule has 0 aliphatic carbocycles. The maximum atomic E-state index is 13.6. The smallest absolute Gasteiger partial charge is 0.219 e. The average molecular weight is 312 g/mol. The second-order valence-electron chi connectivity index (χ2n) is 4.86. The molecule has 0 aliphatic heterocycles. The lowest BCUT2D eigenvalue weighted by Gasteiger charge is -2.10. The summed E-state index contributed by atoms with van der Waals surface area (Å²) >= 11 is 0. The first-order chi connectivity index (χ1) is 11.1. The SMILES string of the molecule is Cc1cc(Oc2ccccc2F)ncc1-n1ncc(C=O)c1N. The highest BCUT2D eigenvalue weighted by molar-refractivity contribution is 5.82. The lowest BCUT2D eigenvalue weighted by Crippen LogP contribution is -2.05. The molecule has 2 heterocycles. The Morgan fingerprint density at radius 2 is 2.09 bits per heavy atom. The molecule has 0 bridgehead atoms. The summed E-state index contributed by atoms with van der Waals surface area (Å²) in [7, 11) is 0. The van der Waals surface area contributed by atoms with Crippen LogP contribution in [0.25, 0.3) is 5.69 Å². The second kappa shape index (κ2) is 5.88. The van der Waals surface area contributed by atoms with E-state index in [-0.39, 0.29) is 17.4 Å². The number of ether oxygens (including phenoxy) is 1. The van der Waals surface area contributed by atoms with Crippen LogP contribution >= 0.6 is 0 Å². The van der Waals surface area contributed by atoms with Gasteiger partial charge in [0.05, 0.1) is 23.6 Å². The van der Waals surface area contributed by atoms with Crippen LogP contribution < -0.4 is 10.5 Å². The van der Waals surface area contributed by atoms with Crippen molar-refractivity contribution in [3.05, 3.63) is 59.7 Å². The Balaban J connectivity index is 1.93. The summed E-state index contributed by atoms with van der Waals surface area (Å²) in [4.78, 5) is 15.0. The summed E-state index contributed by atoms with van der Waals surface area (Å²) in [6.45, 7) is 1.81. The highest BCUT2D eigenvalue weighted by atomic mass is 19.1. The fourth-order valence-electron chi connectivity index (χ4n) is 2.09. The van der Waals surface area contributed by atoms with Gasteiger partial charge in [0.1, 0.15) is 5.82 Å². The molecule has 2 aromatic heterocycles. The number of para-hydroxylation sites is 1. The van der Waals surface area contributed by atoms with Gasteiger partial charge in [0, 0.05) is 6.07 Å². The molecule has 0 spiro atoms. The molecule has 3 rings (SSSR count). The van der Waals surface area contributed by atoms with Gasteiger partial charge < -0.3 is 10.5 Å². The number of nitrogen functional groups attached to an aromatic ring is 1. The first-order valence-electron chi connectivity index (χ1n) is 6.78. The molecule has 116 valence electrons. The fourth-order valence-corrected chi connectivity index (χ4v) is 2.09. The van der Waals surface area contributed by atoms with E-state index in [0.29, 0.717) is 17.5 Å². The molecule has 3 aromatic rings. The van der Waals surface area contributed by atoms with Crippen molar-refractivity contribution in [3.8, 4) is 17.3 Å². The number of aldehydes is 1. The van der Waals surface area contributed by atoms with Gasteiger partial charge in [0.2, 0.25) is 5.88 Å². The minimum Gasteiger partial charge on any atom is -0.436 e. The predicted octanol–water partition coefficient (Wildman–Crippen LogP) is 2.90. The number of nitrogens with two attached hydrogens (primary N) is 1. The molecule has 0 radical (unpaired) electrons. The Kier molecular flexibility index (Phi) is 3.76. The summed E-state index contributed by atoms with van der Waals surface area (Å²) in [5, 5.41) is 4.07. The summed E-state index contributed by atoms with van der Waals surface area (Å²) in [5.74, 6) is 0.0994. The Morgan fingerprint density at radius 1 is 1.30 bits per heavy atom. The predicted molar refractivity (Wildman–Crippen MR) is 82.4 cm³/mol. The van der Waals surface area contributed by atoms with Gasteiger partial charge in [-0.15, -0.1) is 0 Å². The van der Waals surface area contributed by atoms with Crippen molar-refractivity contribution in [2.75, 3.05) is 5.73 Å². The molecule has 0 amide bonds. The molecule has 7 heteroatoms. The van der Waals surface area contributed by atoms with Crippen LogP contribution in [0.3, 0.4) is 0 Å². The minimum atomic E-state index is -0.469. The van der Waals surface area contributed by atoms with Gasteiger partial charge >= 0.3 is 0 Å². The number of carbonyl (C=O) groups is 1. The van der Waals surface area contributed by atoms with Crippen molar-refractivity contribution < 1.29 is 13.9 Å². The standard InChI is InChI=1S/C16H13FN4O2/c1-10-6-15(23-14-5-3-2-4-12(14)17)19-8-13(10)21-16(18)11(9-22)7-20-21/h2-9H,18H2,1H3. The number of carbonyl (C=O) groups excluding carboxylic acids is 1. The lowest BCUT2D eigenvalue weighted by molar-refractivity contribution is 0.112. The van der Waals surface area contributed by atoms with E-state index in [1.54, 1.807) is 18.2 Å². The Labute approximate surface area is 131 Å². The molecule has 0 saturated heterocycles. The summed E-state index contributed by atoms with van der Waals surface area (Å²) in [6.07, 6.45) is 3.52. The Bertz CT molecular complexity index is 876. The maximum Gasteiger partial charge on any atom is 0.219 e. The van der Waals surface area contributed by atoms with Crippen LogP contribution in [-0.4, -0.2) is 21.1 Å². The lowest BCUT2D eigenvalue weighted by atomic mass is 10.2. The zero-order valence-corrected chi connectivity index (χ0v) is 12.2. The zero-order valence-electron chi connectivity index (χ0n) is 12.2. The topological polar surface area (TPSA) is 83.0 Å². The van der Waals surface area contributed by atoms with Gasteiger partial charge in [-0.3, -0.25) is 4.79 Å². The number of rotatable bonds is 4. The molecule has 0 aliphatic rings. The van der Waals surface area contributed by atoms with E-state index in [2.05, 4.69) is 10.1 Å². The molecule has 1 aromatic carbocycles. The summed E-state index contributed by atoms with van der Waals surface area (Å²) in [6, 6.07) is 7.72. The first-order valence-corrected chi connectivity index (χ1v) is 6.78. The number of benzene rings is 1. The number of anilines is 1. The van der Waals surface area contributed by atoms with Gasteiger partial charge in [-0.2, -0.15) is 5.10 Å². The number of pyridine rings is 1. The highest BCUT2D eigenvalue weighted by Crippen LogP contribution is 2.26. The summed E-state index contributed by atoms with van der Waals surface area (Å²) in [5.41, 5.74) is 7.53. The van der Waals surface area contributed by atoms with E-state index < -0.39 is 5.82 Å². The fraction of sp³-hybridized carbons (Fsp3) is 0.0625. The van der Waals surface area contributed by atoms with Gasteiger partial charge in [-0.05, 0) is 24.6 Å². The van der Waals surface area contributed by atoms with E-state index in [0.717, 1.165) is 5.56 Å². The Hall–Kier alpha value is -3.22. The van der Waals surface area contributed by atoms with Gasteiger partial charge in [0.15, 0.2) is 17.9 Å². The van der Waals surface area contributed by atoms with Crippen molar-refractivity contribution >= 4 is 12.1 Å². The van der Waals surface area contributed by atoms with Crippen LogP contribution in [0.4, 0.5) is 10.2 Å². The monoisotopic (exact) mass is 312 g/mol. The van der Waals surface area contributed by atoms with Crippen molar-refractivity contribution in [2.24, 2.45) is 0 Å². The Morgan fingerprint density at radius 3 is 2.74 bits per heavy atom. The number of halogens is 1. The molecule has 2 N–H and O–H groups in total. The number of aryl methyl sites for hydroxylation is 1. The maximum absolute atomic E-state index is 13.6. The molecular weight excluding hydrogens is 299 g/mol. The molecule has 0 fully saturated rings. The molecule has 0 atom stereocenters. The molecule has 0 saturated carbocycles. The first kappa shape index (κ1) is 14.7. The third kappa shape index (κ3) is 2.76. The van der Waals surface area contributed by atoms with Crippen LogP contribution in [0.5, 0.6) is 11.6 Å². The van der Waals surface area contributed by atoms with E-state index in [4.69, 9.17) is 10.5 Å². The third-order valence-corrected chi connectivity index (χ3v) is 3.30.